The van der Waals surface area contributed by atoms with Gasteiger partial charge in [-0.1, -0.05) is 25.9 Å². The first-order valence-electron chi connectivity index (χ1n) is 10.7. The molecule has 0 spiro atoms. The lowest BCUT2D eigenvalue weighted by molar-refractivity contribution is 0.0531. The van der Waals surface area contributed by atoms with Crippen molar-refractivity contribution in [3.05, 3.63) is 46.8 Å². The molecular weight excluding hydrogens is 394 g/mol. The molecule has 0 aliphatic carbocycles. The summed E-state index contributed by atoms with van der Waals surface area (Å²) in [6, 6.07) is 7.88. The Morgan fingerprint density at radius 3 is 2.52 bits per heavy atom. The first kappa shape index (κ1) is 22.9. The monoisotopic (exact) mass is 425 g/mol. The van der Waals surface area contributed by atoms with Crippen LogP contribution < -0.4 is 4.74 Å². The second-order valence-electron chi connectivity index (χ2n) is 8.29. The number of pyridine rings is 1. The number of rotatable bonds is 9. The Morgan fingerprint density at radius 1 is 1.06 bits per heavy atom. The van der Waals surface area contributed by atoms with Crippen LogP contribution in [-0.4, -0.2) is 44.7 Å². The van der Waals surface area contributed by atoms with Crippen LogP contribution in [0.2, 0.25) is 0 Å². The maximum atomic E-state index is 9.59. The van der Waals surface area contributed by atoms with Gasteiger partial charge in [-0.15, -0.1) is 0 Å². The van der Waals surface area contributed by atoms with E-state index in [1.165, 1.54) is 0 Å². The Kier molecular flexibility index (Phi) is 7.41. The summed E-state index contributed by atoms with van der Waals surface area (Å²) in [6.07, 6.45) is 0.723. The van der Waals surface area contributed by atoms with Crippen LogP contribution in [0.3, 0.4) is 0 Å². The fourth-order valence-corrected chi connectivity index (χ4v) is 3.52. The van der Waals surface area contributed by atoms with E-state index in [2.05, 4.69) is 29.0 Å². The predicted octanol–water partition coefficient (Wildman–Crippen LogP) is 3.91. The number of hydrogen-bond acceptors (Lipinski definition) is 7. The molecule has 0 saturated carbocycles. The smallest absolute Gasteiger partial charge is 0.258 e. The van der Waals surface area contributed by atoms with Crippen molar-refractivity contribution in [1.29, 1.82) is 0 Å². The molecule has 0 bridgehead atoms. The maximum Gasteiger partial charge on any atom is 0.258 e. The molecule has 0 fully saturated rings. The second-order valence-corrected chi connectivity index (χ2v) is 8.29. The lowest BCUT2D eigenvalue weighted by atomic mass is 10.0. The van der Waals surface area contributed by atoms with Crippen LogP contribution in [0.4, 0.5) is 0 Å². The lowest BCUT2D eigenvalue weighted by Crippen LogP contribution is -2.22. The second kappa shape index (κ2) is 10.0. The summed E-state index contributed by atoms with van der Waals surface area (Å²) in [5.41, 5.74) is 5.53. The van der Waals surface area contributed by atoms with Gasteiger partial charge in [-0.05, 0) is 68.0 Å². The van der Waals surface area contributed by atoms with Gasteiger partial charge in [0, 0.05) is 22.5 Å². The Bertz CT molecular complexity index is 1030. The third-order valence-electron chi connectivity index (χ3n) is 4.92. The van der Waals surface area contributed by atoms with E-state index in [1.54, 1.807) is 0 Å². The summed E-state index contributed by atoms with van der Waals surface area (Å²) >= 11 is 0. The minimum absolute atomic E-state index is 0.0378. The Labute approximate surface area is 183 Å². The van der Waals surface area contributed by atoms with E-state index in [4.69, 9.17) is 14.4 Å². The average Bonchev–Trinajstić information content (AvgIpc) is 3.21. The largest absolute Gasteiger partial charge is 0.490 e. The van der Waals surface area contributed by atoms with E-state index >= 15 is 0 Å². The van der Waals surface area contributed by atoms with Crippen LogP contribution in [0, 0.1) is 19.8 Å². The Morgan fingerprint density at radius 2 is 1.84 bits per heavy atom. The first-order chi connectivity index (χ1) is 14.8. The minimum atomic E-state index is -0.909. The standard InChI is InChI=1S/C24H31N3O4/c1-6-17-10-18(8-15(4)22(17)30-13-21(29)12-28)23-26-24(31-27-23)19-9-16(5)25-20(11-19)7-14(2)3/h8-11,14,21,28-29H,6-7,12-13H2,1-5H3/t21-/m1/s1. The fourth-order valence-electron chi connectivity index (χ4n) is 3.52. The van der Waals surface area contributed by atoms with Crippen LogP contribution in [0.25, 0.3) is 22.8 Å². The van der Waals surface area contributed by atoms with Crippen LogP contribution in [0.5, 0.6) is 5.75 Å². The SMILES string of the molecule is CCc1cc(-c2noc(-c3cc(C)nc(CC(C)C)c3)n2)cc(C)c1OC[C@H](O)CO. The van der Waals surface area contributed by atoms with Crippen molar-refractivity contribution in [3.63, 3.8) is 0 Å². The molecule has 0 amide bonds. The first-order valence-corrected chi connectivity index (χ1v) is 10.7. The van der Waals surface area contributed by atoms with Gasteiger partial charge < -0.3 is 19.5 Å². The van der Waals surface area contributed by atoms with Crippen LogP contribution in [0.15, 0.2) is 28.8 Å². The van der Waals surface area contributed by atoms with Crippen molar-refractivity contribution < 1.29 is 19.5 Å². The number of hydrogen-bond donors (Lipinski definition) is 2. The van der Waals surface area contributed by atoms with Gasteiger partial charge in [0.25, 0.3) is 5.89 Å². The zero-order valence-corrected chi connectivity index (χ0v) is 18.8. The highest BCUT2D eigenvalue weighted by Crippen LogP contribution is 2.31. The number of benzene rings is 1. The number of nitrogens with zero attached hydrogens (tertiary/aromatic N) is 3. The summed E-state index contributed by atoms with van der Waals surface area (Å²) in [6.45, 7) is 9.97. The van der Waals surface area contributed by atoms with Gasteiger partial charge in [0.1, 0.15) is 18.5 Å². The maximum absolute atomic E-state index is 9.59. The number of ether oxygens (including phenoxy) is 1. The summed E-state index contributed by atoms with van der Waals surface area (Å²) in [7, 11) is 0. The van der Waals surface area contributed by atoms with Crippen molar-refractivity contribution in [2.45, 2.75) is 53.6 Å². The van der Waals surface area contributed by atoms with Crippen molar-refractivity contribution in [3.8, 4) is 28.6 Å². The Hall–Kier alpha value is -2.77. The molecule has 3 rings (SSSR count). The van der Waals surface area contributed by atoms with Gasteiger partial charge in [0.05, 0.1) is 6.61 Å². The van der Waals surface area contributed by atoms with E-state index in [0.717, 1.165) is 46.5 Å². The summed E-state index contributed by atoms with van der Waals surface area (Å²) in [4.78, 5) is 9.23. The molecule has 7 heteroatoms. The molecule has 2 N–H and O–H groups in total. The zero-order chi connectivity index (χ0) is 22.5. The van der Waals surface area contributed by atoms with E-state index < -0.39 is 6.10 Å². The molecule has 0 radical (unpaired) electrons. The molecule has 1 aromatic carbocycles. The molecule has 1 atom stereocenters. The van der Waals surface area contributed by atoms with Crippen LogP contribution in [-0.2, 0) is 12.8 Å². The molecule has 3 aromatic rings. The molecule has 0 unspecified atom stereocenters. The number of aliphatic hydroxyl groups excluding tert-OH is 2. The van der Waals surface area contributed by atoms with E-state index in [9.17, 15) is 5.11 Å². The highest BCUT2D eigenvalue weighted by molar-refractivity contribution is 5.64. The number of aliphatic hydroxyl groups is 2. The fraction of sp³-hybridized carbons (Fsp3) is 0.458. The number of aromatic nitrogens is 3. The summed E-state index contributed by atoms with van der Waals surface area (Å²) < 4.78 is 11.3. The van der Waals surface area contributed by atoms with E-state index in [1.807, 2.05) is 45.0 Å². The number of aryl methyl sites for hydroxylation is 3. The molecule has 166 valence electrons. The molecule has 2 heterocycles. The minimum Gasteiger partial charge on any atom is -0.490 e. The molecular formula is C24H31N3O4. The molecule has 31 heavy (non-hydrogen) atoms. The third kappa shape index (κ3) is 5.68. The zero-order valence-electron chi connectivity index (χ0n) is 18.8. The van der Waals surface area contributed by atoms with E-state index in [0.29, 0.717) is 23.4 Å². The van der Waals surface area contributed by atoms with Gasteiger partial charge >= 0.3 is 0 Å². The molecule has 0 aliphatic rings. The quantitative estimate of drug-likeness (QED) is 0.536. The van der Waals surface area contributed by atoms with Crippen molar-refractivity contribution >= 4 is 0 Å². The van der Waals surface area contributed by atoms with Crippen molar-refractivity contribution in [2.75, 3.05) is 13.2 Å². The normalized spacial score (nSPS) is 12.4. The summed E-state index contributed by atoms with van der Waals surface area (Å²) in [5.74, 6) is 2.20. The predicted molar refractivity (Wildman–Crippen MR) is 119 cm³/mol. The molecule has 7 nitrogen and oxygen atoms in total. The molecule has 0 aliphatic heterocycles. The van der Waals surface area contributed by atoms with Crippen molar-refractivity contribution in [1.82, 2.24) is 15.1 Å². The topological polar surface area (TPSA) is 102 Å². The summed E-state index contributed by atoms with van der Waals surface area (Å²) in [5, 5.41) is 22.8. The van der Waals surface area contributed by atoms with Crippen molar-refractivity contribution in [2.24, 2.45) is 5.92 Å². The van der Waals surface area contributed by atoms with Gasteiger partial charge in [-0.3, -0.25) is 4.98 Å². The Balaban J connectivity index is 1.90. The lowest BCUT2D eigenvalue weighted by Gasteiger charge is -2.16. The highest BCUT2D eigenvalue weighted by Gasteiger charge is 2.17. The van der Waals surface area contributed by atoms with Crippen LogP contribution >= 0.6 is 0 Å². The molecule has 0 saturated heterocycles. The molecule has 2 aromatic heterocycles. The van der Waals surface area contributed by atoms with Gasteiger partial charge in [0.2, 0.25) is 5.82 Å². The average molecular weight is 426 g/mol. The van der Waals surface area contributed by atoms with E-state index in [-0.39, 0.29) is 13.2 Å². The van der Waals surface area contributed by atoms with Gasteiger partial charge in [-0.25, -0.2) is 0 Å². The highest BCUT2D eigenvalue weighted by atomic mass is 16.5. The van der Waals surface area contributed by atoms with Gasteiger partial charge in [0.15, 0.2) is 0 Å². The van der Waals surface area contributed by atoms with Gasteiger partial charge in [-0.2, -0.15) is 4.98 Å². The third-order valence-corrected chi connectivity index (χ3v) is 4.92. The van der Waals surface area contributed by atoms with Crippen LogP contribution in [0.1, 0.15) is 43.3 Å².